The Morgan fingerprint density at radius 2 is 2.10 bits per heavy atom. The van der Waals surface area contributed by atoms with E-state index in [9.17, 15) is 14.3 Å². The van der Waals surface area contributed by atoms with Gasteiger partial charge < -0.3 is 10.4 Å². The van der Waals surface area contributed by atoms with Crippen LogP contribution in [0.15, 0.2) is 24.3 Å². The number of carbonyl (C=O) groups excluding carboxylic acids is 1. The van der Waals surface area contributed by atoms with E-state index in [1.165, 1.54) is 6.07 Å². The summed E-state index contributed by atoms with van der Waals surface area (Å²) >= 11 is 1.59. The molecule has 5 heteroatoms. The fourth-order valence-corrected chi connectivity index (χ4v) is 3.97. The molecule has 1 aromatic carbocycles. The first kappa shape index (κ1) is 13.9. The molecule has 2 fully saturated rings. The van der Waals surface area contributed by atoms with E-state index in [2.05, 4.69) is 5.32 Å². The molecule has 1 atom stereocenters. The lowest BCUT2D eigenvalue weighted by molar-refractivity contribution is -0.137. The smallest absolute Gasteiger partial charge is 0.252 e. The molecule has 108 valence electrons. The van der Waals surface area contributed by atoms with Crippen molar-refractivity contribution in [1.82, 2.24) is 5.32 Å². The number of carbonyl (C=O) groups is 1. The third kappa shape index (κ3) is 2.44. The molecule has 1 aromatic rings. The van der Waals surface area contributed by atoms with Gasteiger partial charge in [0.1, 0.15) is 5.82 Å². The van der Waals surface area contributed by atoms with Gasteiger partial charge in [0.05, 0.1) is 0 Å². The molecule has 1 saturated heterocycles. The van der Waals surface area contributed by atoms with Gasteiger partial charge in [-0.3, -0.25) is 4.79 Å². The number of amides is 1. The van der Waals surface area contributed by atoms with E-state index in [1.54, 1.807) is 23.9 Å². The number of hydrogen-bond acceptors (Lipinski definition) is 3. The van der Waals surface area contributed by atoms with Crippen LogP contribution in [-0.2, 0) is 10.2 Å². The minimum absolute atomic E-state index is 0.214. The summed E-state index contributed by atoms with van der Waals surface area (Å²) in [4.78, 5) is 12.1. The second-order valence-electron chi connectivity index (χ2n) is 5.78. The van der Waals surface area contributed by atoms with E-state index in [4.69, 9.17) is 0 Å². The fraction of sp³-hybridized carbons (Fsp3) is 0.533. The molecule has 2 N–H and O–H groups in total. The number of aliphatic hydroxyl groups is 1. The van der Waals surface area contributed by atoms with Crippen molar-refractivity contribution in [3.63, 3.8) is 0 Å². The number of rotatable bonds is 4. The Hall–Kier alpha value is -1.07. The van der Waals surface area contributed by atoms with Crippen LogP contribution in [-0.4, -0.2) is 34.7 Å². The van der Waals surface area contributed by atoms with Crippen LogP contribution >= 0.6 is 11.8 Å². The zero-order valence-electron chi connectivity index (χ0n) is 11.2. The maximum atomic E-state index is 13.9. The largest absolute Gasteiger partial charge is 0.379 e. The van der Waals surface area contributed by atoms with E-state index in [0.29, 0.717) is 24.3 Å². The van der Waals surface area contributed by atoms with Gasteiger partial charge in [0.2, 0.25) is 0 Å². The molecular weight excluding hydrogens is 277 g/mol. The van der Waals surface area contributed by atoms with Gasteiger partial charge in [-0.25, -0.2) is 4.39 Å². The lowest BCUT2D eigenvalue weighted by atomic mass is 9.94. The first-order valence-electron chi connectivity index (χ1n) is 6.89. The monoisotopic (exact) mass is 295 g/mol. The van der Waals surface area contributed by atoms with E-state index in [1.807, 2.05) is 6.07 Å². The van der Waals surface area contributed by atoms with Crippen molar-refractivity contribution in [2.75, 3.05) is 18.1 Å². The van der Waals surface area contributed by atoms with E-state index >= 15 is 0 Å². The molecule has 1 heterocycles. The van der Waals surface area contributed by atoms with Gasteiger partial charge in [-0.15, -0.1) is 0 Å². The van der Waals surface area contributed by atoms with Crippen LogP contribution in [0.3, 0.4) is 0 Å². The van der Waals surface area contributed by atoms with Crippen LogP contribution in [0, 0.1) is 5.82 Å². The van der Waals surface area contributed by atoms with Crippen LogP contribution in [0.2, 0.25) is 0 Å². The molecule has 3 nitrogen and oxygen atoms in total. The summed E-state index contributed by atoms with van der Waals surface area (Å²) in [5, 5.41) is 13.0. The normalized spacial score (nSPS) is 27.3. The van der Waals surface area contributed by atoms with Crippen LogP contribution in [0.1, 0.15) is 24.8 Å². The summed E-state index contributed by atoms with van der Waals surface area (Å²) in [6.45, 7) is 0.403. The summed E-state index contributed by atoms with van der Waals surface area (Å²) in [6, 6.07) is 6.74. The Morgan fingerprint density at radius 3 is 2.70 bits per heavy atom. The average molecular weight is 295 g/mol. The molecule has 2 aliphatic rings. The molecule has 3 rings (SSSR count). The van der Waals surface area contributed by atoms with Crippen LogP contribution in [0.5, 0.6) is 0 Å². The van der Waals surface area contributed by atoms with Crippen molar-refractivity contribution in [2.45, 2.75) is 30.3 Å². The Kier molecular flexibility index (Phi) is 3.50. The SMILES string of the molecule is O=C(NCC1(c2ccccc2F)CC1)C1(O)CCSC1. The number of benzene rings is 1. The highest BCUT2D eigenvalue weighted by Crippen LogP contribution is 2.48. The molecule has 20 heavy (non-hydrogen) atoms. The summed E-state index contributed by atoms with van der Waals surface area (Å²) in [5.74, 6) is 0.730. The van der Waals surface area contributed by atoms with Gasteiger partial charge >= 0.3 is 0 Å². The second kappa shape index (κ2) is 5.04. The topological polar surface area (TPSA) is 49.3 Å². The van der Waals surface area contributed by atoms with Gasteiger partial charge in [-0.1, -0.05) is 18.2 Å². The third-order valence-corrected chi connectivity index (χ3v) is 5.48. The minimum Gasteiger partial charge on any atom is -0.379 e. The van der Waals surface area contributed by atoms with Crippen molar-refractivity contribution < 1.29 is 14.3 Å². The molecule has 1 aliphatic heterocycles. The molecule has 1 amide bonds. The third-order valence-electron chi connectivity index (χ3n) is 4.31. The van der Waals surface area contributed by atoms with E-state index in [-0.39, 0.29) is 17.1 Å². The van der Waals surface area contributed by atoms with Crippen LogP contribution in [0.25, 0.3) is 0 Å². The molecular formula is C15H18FNO2S. The van der Waals surface area contributed by atoms with E-state index in [0.717, 1.165) is 18.6 Å². The first-order chi connectivity index (χ1) is 9.56. The molecule has 0 aromatic heterocycles. The number of halogens is 1. The van der Waals surface area contributed by atoms with Gasteiger partial charge in [-0.05, 0) is 36.6 Å². The molecule has 0 radical (unpaired) electrons. The van der Waals surface area contributed by atoms with Crippen molar-refractivity contribution in [2.24, 2.45) is 0 Å². The van der Waals surface area contributed by atoms with E-state index < -0.39 is 5.60 Å². The summed E-state index contributed by atoms with van der Waals surface area (Å²) < 4.78 is 13.9. The van der Waals surface area contributed by atoms with Crippen molar-refractivity contribution >= 4 is 17.7 Å². The standard InChI is InChI=1S/C15H18FNO2S/c16-12-4-2-1-3-11(12)14(5-6-14)9-17-13(18)15(19)7-8-20-10-15/h1-4,19H,5-10H2,(H,17,18). The number of hydrogen-bond donors (Lipinski definition) is 2. The van der Waals surface area contributed by atoms with Gasteiger partial charge in [0, 0.05) is 17.7 Å². The molecule has 0 spiro atoms. The Morgan fingerprint density at radius 1 is 1.35 bits per heavy atom. The Bertz CT molecular complexity index is 524. The molecule has 1 saturated carbocycles. The predicted octanol–water partition coefficient (Wildman–Crippen LogP) is 1.84. The average Bonchev–Trinajstić information content (AvgIpc) is 3.10. The summed E-state index contributed by atoms with van der Waals surface area (Å²) in [6.07, 6.45) is 2.25. The lowest BCUT2D eigenvalue weighted by Crippen LogP contribution is -2.49. The Balaban J connectivity index is 1.67. The molecule has 0 bridgehead atoms. The zero-order valence-corrected chi connectivity index (χ0v) is 12.0. The minimum atomic E-state index is -1.24. The predicted molar refractivity (Wildman–Crippen MR) is 77.2 cm³/mol. The molecule has 1 aliphatic carbocycles. The fourth-order valence-electron chi connectivity index (χ4n) is 2.73. The number of nitrogens with one attached hydrogen (secondary N) is 1. The maximum absolute atomic E-state index is 13.9. The van der Waals surface area contributed by atoms with Gasteiger partial charge in [0.25, 0.3) is 5.91 Å². The maximum Gasteiger partial charge on any atom is 0.252 e. The van der Waals surface area contributed by atoms with Crippen molar-refractivity contribution in [1.29, 1.82) is 0 Å². The first-order valence-corrected chi connectivity index (χ1v) is 8.05. The summed E-state index contributed by atoms with van der Waals surface area (Å²) in [5.41, 5.74) is -0.841. The van der Waals surface area contributed by atoms with Crippen molar-refractivity contribution in [3.05, 3.63) is 35.6 Å². The van der Waals surface area contributed by atoms with Crippen molar-refractivity contribution in [3.8, 4) is 0 Å². The Labute approximate surface area is 121 Å². The van der Waals surface area contributed by atoms with Crippen LogP contribution < -0.4 is 5.32 Å². The summed E-state index contributed by atoms with van der Waals surface area (Å²) in [7, 11) is 0. The highest BCUT2D eigenvalue weighted by molar-refractivity contribution is 7.99. The quantitative estimate of drug-likeness (QED) is 0.891. The zero-order chi connectivity index (χ0) is 14.2. The lowest BCUT2D eigenvalue weighted by Gasteiger charge is -2.23. The van der Waals surface area contributed by atoms with Gasteiger partial charge in [-0.2, -0.15) is 11.8 Å². The highest BCUT2D eigenvalue weighted by atomic mass is 32.2. The molecule has 1 unspecified atom stereocenters. The number of thioether (sulfide) groups is 1. The highest BCUT2D eigenvalue weighted by Gasteiger charge is 2.47. The second-order valence-corrected chi connectivity index (χ2v) is 6.88. The van der Waals surface area contributed by atoms with Crippen LogP contribution in [0.4, 0.5) is 4.39 Å². The van der Waals surface area contributed by atoms with Gasteiger partial charge in [0.15, 0.2) is 5.60 Å².